The lowest BCUT2D eigenvalue weighted by Gasteiger charge is -2.25. The molecule has 0 aliphatic heterocycles. The summed E-state index contributed by atoms with van der Waals surface area (Å²) in [6.07, 6.45) is 2.20. The number of anilines is 1. The summed E-state index contributed by atoms with van der Waals surface area (Å²) in [6.45, 7) is 7.60. The molecule has 1 N–H and O–H groups in total. The van der Waals surface area contributed by atoms with Crippen molar-refractivity contribution in [2.45, 2.75) is 39.0 Å². The quantitative estimate of drug-likeness (QED) is 0.236. The first-order chi connectivity index (χ1) is 18.2. The molecule has 0 bridgehead atoms. The van der Waals surface area contributed by atoms with Gasteiger partial charge in [0.1, 0.15) is 6.54 Å². The number of carbonyl (C=O) groups is 1. The molecule has 0 radical (unpaired) electrons. The van der Waals surface area contributed by atoms with Crippen molar-refractivity contribution in [1.82, 2.24) is 9.99 Å². The Kier molecular flexibility index (Phi) is 8.12. The van der Waals surface area contributed by atoms with Gasteiger partial charge in [-0.1, -0.05) is 55.5 Å². The van der Waals surface area contributed by atoms with Crippen LogP contribution in [0.5, 0.6) is 0 Å². The van der Waals surface area contributed by atoms with Crippen LogP contribution >= 0.6 is 0 Å². The first-order valence-corrected chi connectivity index (χ1v) is 13.9. The van der Waals surface area contributed by atoms with E-state index in [1.807, 2.05) is 51.1 Å². The van der Waals surface area contributed by atoms with Gasteiger partial charge in [-0.3, -0.25) is 9.10 Å². The topological polar surface area (TPSA) is 83.8 Å². The molecule has 0 unspecified atom stereocenters. The fourth-order valence-electron chi connectivity index (χ4n) is 4.49. The number of hydrazone groups is 1. The molecule has 1 heterocycles. The zero-order valence-electron chi connectivity index (χ0n) is 22.0. The Hall–Kier alpha value is -4.17. The molecule has 0 spiro atoms. The van der Waals surface area contributed by atoms with Crippen LogP contribution in [0.2, 0.25) is 0 Å². The van der Waals surface area contributed by atoms with E-state index in [9.17, 15) is 13.2 Å². The first-order valence-electron chi connectivity index (χ1n) is 12.5. The third-order valence-electron chi connectivity index (χ3n) is 6.38. The zero-order valence-corrected chi connectivity index (χ0v) is 22.9. The summed E-state index contributed by atoms with van der Waals surface area (Å²) in [5, 5.41) is 4.15. The molecule has 0 saturated carbocycles. The van der Waals surface area contributed by atoms with Gasteiger partial charge in [0.25, 0.3) is 15.9 Å². The molecule has 1 amide bonds. The second kappa shape index (κ2) is 11.5. The van der Waals surface area contributed by atoms with E-state index in [-0.39, 0.29) is 4.90 Å². The highest BCUT2D eigenvalue weighted by Gasteiger charge is 2.28. The molecule has 196 valence electrons. The SMILES string of the molecule is CCc1ccccc1N(CC(=O)N/N=C\c1cc(C)n(-c2cccc(C)c2)c1C)S(=O)(=O)c1ccccc1. The largest absolute Gasteiger partial charge is 0.318 e. The Morgan fingerprint density at radius 1 is 0.947 bits per heavy atom. The van der Waals surface area contributed by atoms with Crippen molar-refractivity contribution in [2.24, 2.45) is 5.10 Å². The van der Waals surface area contributed by atoms with Gasteiger partial charge in [-0.15, -0.1) is 0 Å². The second-order valence-electron chi connectivity index (χ2n) is 9.10. The van der Waals surface area contributed by atoms with E-state index in [4.69, 9.17) is 0 Å². The Bertz CT molecular complexity index is 1570. The minimum absolute atomic E-state index is 0.116. The van der Waals surface area contributed by atoms with E-state index >= 15 is 0 Å². The van der Waals surface area contributed by atoms with Gasteiger partial charge in [-0.2, -0.15) is 5.10 Å². The Balaban J connectivity index is 1.57. The Morgan fingerprint density at radius 3 is 2.37 bits per heavy atom. The fraction of sp³-hybridized carbons (Fsp3) is 0.200. The lowest BCUT2D eigenvalue weighted by Crippen LogP contribution is -2.40. The zero-order chi connectivity index (χ0) is 27.3. The number of benzene rings is 3. The number of nitrogens with zero attached hydrogens (tertiary/aromatic N) is 3. The second-order valence-corrected chi connectivity index (χ2v) is 11.0. The van der Waals surface area contributed by atoms with Gasteiger partial charge in [0.05, 0.1) is 16.8 Å². The van der Waals surface area contributed by atoms with Crippen molar-refractivity contribution in [2.75, 3.05) is 10.8 Å². The molecule has 0 saturated heterocycles. The Labute approximate surface area is 224 Å². The predicted octanol–water partition coefficient (Wildman–Crippen LogP) is 5.31. The smallest absolute Gasteiger partial charge is 0.264 e. The van der Waals surface area contributed by atoms with Crippen molar-refractivity contribution in [3.05, 3.63) is 113 Å². The van der Waals surface area contributed by atoms with E-state index in [2.05, 4.69) is 34.2 Å². The van der Waals surface area contributed by atoms with Crippen molar-refractivity contribution >= 4 is 27.8 Å². The van der Waals surface area contributed by atoms with Crippen LogP contribution in [-0.2, 0) is 21.2 Å². The maximum Gasteiger partial charge on any atom is 0.264 e. The molecule has 4 rings (SSSR count). The molecule has 38 heavy (non-hydrogen) atoms. The van der Waals surface area contributed by atoms with Crippen LogP contribution in [0, 0.1) is 20.8 Å². The third-order valence-corrected chi connectivity index (χ3v) is 8.16. The van der Waals surface area contributed by atoms with E-state index in [0.717, 1.165) is 38.1 Å². The van der Waals surface area contributed by atoms with Gasteiger partial charge >= 0.3 is 0 Å². The molecule has 3 aromatic carbocycles. The molecule has 7 nitrogen and oxygen atoms in total. The first kappa shape index (κ1) is 26.9. The average Bonchev–Trinajstić information content (AvgIpc) is 3.20. The molecule has 0 fully saturated rings. The molecule has 4 aromatic rings. The van der Waals surface area contributed by atoms with Crippen LogP contribution in [0.1, 0.15) is 35.0 Å². The van der Waals surface area contributed by atoms with E-state index in [1.165, 1.54) is 12.1 Å². The van der Waals surface area contributed by atoms with Crippen molar-refractivity contribution in [3.8, 4) is 5.69 Å². The number of hydrogen-bond donors (Lipinski definition) is 1. The van der Waals surface area contributed by atoms with Gasteiger partial charge in [-0.05, 0) is 74.7 Å². The summed E-state index contributed by atoms with van der Waals surface area (Å²) in [4.78, 5) is 13.1. The van der Waals surface area contributed by atoms with Crippen LogP contribution in [0.15, 0.2) is 94.9 Å². The molecule has 0 aliphatic carbocycles. The van der Waals surface area contributed by atoms with Gasteiger partial charge < -0.3 is 4.57 Å². The van der Waals surface area contributed by atoms with Gasteiger partial charge in [0.15, 0.2) is 0 Å². The minimum Gasteiger partial charge on any atom is -0.318 e. The van der Waals surface area contributed by atoms with E-state index in [0.29, 0.717) is 12.1 Å². The van der Waals surface area contributed by atoms with Gasteiger partial charge in [-0.25, -0.2) is 13.8 Å². The number of carbonyl (C=O) groups excluding carboxylic acids is 1. The number of sulfonamides is 1. The van der Waals surface area contributed by atoms with E-state index < -0.39 is 22.5 Å². The summed E-state index contributed by atoms with van der Waals surface area (Å²) < 4.78 is 30.4. The highest BCUT2D eigenvalue weighted by molar-refractivity contribution is 7.92. The van der Waals surface area contributed by atoms with Crippen LogP contribution in [0.4, 0.5) is 5.69 Å². The van der Waals surface area contributed by atoms with Crippen molar-refractivity contribution in [1.29, 1.82) is 0 Å². The highest BCUT2D eigenvalue weighted by Crippen LogP contribution is 2.27. The van der Waals surface area contributed by atoms with E-state index in [1.54, 1.807) is 36.5 Å². The summed E-state index contributed by atoms with van der Waals surface area (Å²) in [7, 11) is -3.98. The van der Waals surface area contributed by atoms with Crippen molar-refractivity contribution < 1.29 is 13.2 Å². The molecular formula is C30H32N4O3S. The molecule has 0 aliphatic rings. The fourth-order valence-corrected chi connectivity index (χ4v) is 5.97. The summed E-state index contributed by atoms with van der Waals surface area (Å²) in [6, 6.07) is 25.5. The maximum atomic E-state index is 13.6. The number of rotatable bonds is 9. The molecule has 1 aromatic heterocycles. The van der Waals surface area contributed by atoms with Gasteiger partial charge in [0, 0.05) is 22.6 Å². The number of amides is 1. The molecule has 8 heteroatoms. The van der Waals surface area contributed by atoms with Crippen LogP contribution in [0.25, 0.3) is 5.69 Å². The number of para-hydroxylation sites is 1. The lowest BCUT2D eigenvalue weighted by molar-refractivity contribution is -0.119. The maximum absolute atomic E-state index is 13.6. The third kappa shape index (κ3) is 5.70. The van der Waals surface area contributed by atoms with Crippen LogP contribution < -0.4 is 9.73 Å². The summed E-state index contributed by atoms with van der Waals surface area (Å²) in [5.74, 6) is -0.542. The number of nitrogens with one attached hydrogen (secondary N) is 1. The summed E-state index contributed by atoms with van der Waals surface area (Å²) in [5.41, 5.74) is 8.91. The van der Waals surface area contributed by atoms with Crippen molar-refractivity contribution in [3.63, 3.8) is 0 Å². The molecule has 0 atom stereocenters. The standard InChI is InChI=1S/C30H32N4O3S/c1-5-25-13-9-10-17-29(25)33(38(36,37)28-15-7-6-8-16-28)21-30(35)32-31-20-26-19-23(3)34(24(26)4)27-14-11-12-22(2)18-27/h6-20H,5,21H2,1-4H3,(H,32,35)/b31-20-. The number of aryl methyl sites for hydroxylation is 3. The Morgan fingerprint density at radius 2 is 1.66 bits per heavy atom. The minimum atomic E-state index is -3.98. The average molecular weight is 529 g/mol. The number of aromatic nitrogens is 1. The highest BCUT2D eigenvalue weighted by atomic mass is 32.2. The van der Waals surface area contributed by atoms with Crippen LogP contribution in [0.3, 0.4) is 0 Å². The monoisotopic (exact) mass is 528 g/mol. The van der Waals surface area contributed by atoms with Crippen LogP contribution in [-0.4, -0.2) is 31.7 Å². The predicted molar refractivity (Wildman–Crippen MR) is 153 cm³/mol. The summed E-state index contributed by atoms with van der Waals surface area (Å²) >= 11 is 0. The normalized spacial score (nSPS) is 11.6. The number of hydrogen-bond acceptors (Lipinski definition) is 4. The lowest BCUT2D eigenvalue weighted by atomic mass is 10.1. The van der Waals surface area contributed by atoms with Gasteiger partial charge in [0.2, 0.25) is 0 Å². The molecular weight excluding hydrogens is 496 g/mol.